The fraction of sp³-hybridized carbons (Fsp3) is 0.158. The number of amides is 1. The summed E-state index contributed by atoms with van der Waals surface area (Å²) in [7, 11) is 0. The van der Waals surface area contributed by atoms with Crippen LogP contribution in [0.15, 0.2) is 48.7 Å². The maximum absolute atomic E-state index is 13.5. The number of aromatic nitrogens is 2. The molecule has 0 spiro atoms. The summed E-state index contributed by atoms with van der Waals surface area (Å²) in [5.74, 6) is -0.575. The number of hydrogen-bond acceptors (Lipinski definition) is 3. The molecule has 2 N–H and O–H groups in total. The average molecular weight is 353 g/mol. The van der Waals surface area contributed by atoms with Crippen molar-refractivity contribution in [3.8, 4) is 0 Å². The summed E-state index contributed by atoms with van der Waals surface area (Å²) in [6, 6.07) is 12.3. The normalized spacial score (nSPS) is 12.6. The van der Waals surface area contributed by atoms with Gasteiger partial charge in [-0.2, -0.15) is 0 Å². The Balaban J connectivity index is 1.50. The zero-order valence-corrected chi connectivity index (χ0v) is 14.4. The van der Waals surface area contributed by atoms with Crippen molar-refractivity contribution in [3.63, 3.8) is 0 Å². The highest BCUT2D eigenvalue weighted by Gasteiger charge is 2.16. The molecule has 0 aliphatic heterocycles. The van der Waals surface area contributed by atoms with E-state index in [2.05, 4.69) is 15.3 Å². The molecule has 1 atom stereocenters. The van der Waals surface area contributed by atoms with Gasteiger partial charge in [-0.1, -0.05) is 12.1 Å². The quantitative estimate of drug-likeness (QED) is 0.575. The molecule has 0 saturated carbocycles. The monoisotopic (exact) mass is 353 g/mol. The Morgan fingerprint density at radius 3 is 3.00 bits per heavy atom. The van der Waals surface area contributed by atoms with E-state index in [1.54, 1.807) is 23.6 Å². The van der Waals surface area contributed by atoms with Gasteiger partial charge in [0, 0.05) is 29.6 Å². The first-order chi connectivity index (χ1) is 12.1. The lowest BCUT2D eigenvalue weighted by Crippen LogP contribution is -2.33. The fourth-order valence-electron chi connectivity index (χ4n) is 2.90. The van der Waals surface area contributed by atoms with Crippen LogP contribution in [0.2, 0.25) is 0 Å². The number of H-pyrrole nitrogens is 1. The second-order valence-corrected chi connectivity index (χ2v) is 7.16. The van der Waals surface area contributed by atoms with Crippen molar-refractivity contribution in [2.75, 3.05) is 0 Å². The second kappa shape index (κ2) is 6.29. The minimum absolute atomic E-state index is 0.0772. The molecule has 2 aromatic heterocycles. The maximum Gasteiger partial charge on any atom is 0.253 e. The van der Waals surface area contributed by atoms with E-state index in [9.17, 15) is 9.18 Å². The van der Waals surface area contributed by atoms with Crippen molar-refractivity contribution in [3.05, 3.63) is 65.0 Å². The van der Waals surface area contributed by atoms with Crippen molar-refractivity contribution in [2.24, 2.45) is 0 Å². The Morgan fingerprint density at radius 1 is 1.32 bits per heavy atom. The van der Waals surface area contributed by atoms with E-state index in [1.807, 2.05) is 31.2 Å². The van der Waals surface area contributed by atoms with E-state index in [-0.39, 0.29) is 17.8 Å². The van der Waals surface area contributed by atoms with Gasteiger partial charge in [0.2, 0.25) is 0 Å². The molecule has 0 aliphatic carbocycles. The number of nitrogens with one attached hydrogen (secondary N) is 2. The lowest BCUT2D eigenvalue weighted by atomic mass is 10.1. The summed E-state index contributed by atoms with van der Waals surface area (Å²) in [5, 5.41) is 4.54. The minimum Gasteiger partial charge on any atom is -0.360 e. The molecule has 4 nitrogen and oxygen atoms in total. The SMILES string of the molecule is C[C@@H](Cc1nc2ccccc2s1)NC(=O)c1c[nH]c2ccc(F)cc12. The van der Waals surface area contributed by atoms with Crippen LogP contribution in [0.4, 0.5) is 4.39 Å². The van der Waals surface area contributed by atoms with Crippen LogP contribution in [0.5, 0.6) is 0 Å². The van der Waals surface area contributed by atoms with Gasteiger partial charge in [0.25, 0.3) is 5.91 Å². The molecule has 4 rings (SSSR count). The summed E-state index contributed by atoms with van der Waals surface area (Å²) in [5.41, 5.74) is 2.17. The van der Waals surface area contributed by atoms with E-state index < -0.39 is 0 Å². The minimum atomic E-state index is -0.358. The van der Waals surface area contributed by atoms with Crippen LogP contribution in [0.25, 0.3) is 21.1 Å². The van der Waals surface area contributed by atoms with E-state index in [0.29, 0.717) is 17.4 Å². The highest BCUT2D eigenvalue weighted by Crippen LogP contribution is 2.23. The van der Waals surface area contributed by atoms with Gasteiger partial charge in [-0.15, -0.1) is 11.3 Å². The lowest BCUT2D eigenvalue weighted by Gasteiger charge is -2.12. The highest BCUT2D eigenvalue weighted by molar-refractivity contribution is 7.18. The van der Waals surface area contributed by atoms with E-state index in [4.69, 9.17) is 0 Å². The summed E-state index contributed by atoms with van der Waals surface area (Å²) < 4.78 is 14.6. The average Bonchev–Trinajstić information content (AvgIpc) is 3.17. The van der Waals surface area contributed by atoms with Crippen molar-refractivity contribution >= 4 is 38.4 Å². The molecule has 0 bridgehead atoms. The standard InChI is InChI=1S/C19H16FN3OS/c1-11(8-18-23-16-4-2-3-5-17(16)25-18)22-19(24)14-10-21-15-7-6-12(20)9-13(14)15/h2-7,9-11,21H,8H2,1H3,(H,22,24)/t11-/m0/s1. The van der Waals surface area contributed by atoms with Crippen molar-refractivity contribution < 1.29 is 9.18 Å². The first-order valence-electron chi connectivity index (χ1n) is 8.02. The van der Waals surface area contributed by atoms with Crippen LogP contribution >= 0.6 is 11.3 Å². The molecule has 0 saturated heterocycles. The van der Waals surface area contributed by atoms with Crippen LogP contribution in [0, 0.1) is 5.82 Å². The summed E-state index contributed by atoms with van der Waals surface area (Å²) in [6.45, 7) is 1.94. The largest absolute Gasteiger partial charge is 0.360 e. The first-order valence-corrected chi connectivity index (χ1v) is 8.84. The van der Waals surface area contributed by atoms with E-state index in [0.717, 1.165) is 20.7 Å². The summed E-state index contributed by atoms with van der Waals surface area (Å²) in [6.07, 6.45) is 2.27. The molecule has 2 heterocycles. The first kappa shape index (κ1) is 15.8. The van der Waals surface area contributed by atoms with E-state index in [1.165, 1.54) is 12.1 Å². The molecule has 0 fully saturated rings. The number of carbonyl (C=O) groups is 1. The predicted molar refractivity (Wildman–Crippen MR) is 98.5 cm³/mol. The Morgan fingerprint density at radius 2 is 2.16 bits per heavy atom. The van der Waals surface area contributed by atoms with Crippen molar-refractivity contribution in [1.29, 1.82) is 0 Å². The number of halogens is 1. The Labute approximate surface area is 147 Å². The number of benzene rings is 2. The molecule has 0 unspecified atom stereocenters. The number of nitrogens with zero attached hydrogens (tertiary/aromatic N) is 1. The van der Waals surface area contributed by atoms with Crippen LogP contribution in [0.3, 0.4) is 0 Å². The Kier molecular flexibility index (Phi) is 3.97. The molecule has 2 aromatic carbocycles. The van der Waals surface area contributed by atoms with Gasteiger partial charge in [-0.25, -0.2) is 9.37 Å². The summed E-state index contributed by atoms with van der Waals surface area (Å²) >= 11 is 1.64. The van der Waals surface area contributed by atoms with Crippen LogP contribution in [-0.4, -0.2) is 21.9 Å². The third-order valence-corrected chi connectivity index (χ3v) is 5.14. The number of para-hydroxylation sites is 1. The molecule has 25 heavy (non-hydrogen) atoms. The number of carbonyl (C=O) groups excluding carboxylic acids is 1. The molecule has 126 valence electrons. The van der Waals surface area contributed by atoms with Crippen LogP contribution in [0.1, 0.15) is 22.3 Å². The smallest absolute Gasteiger partial charge is 0.253 e. The van der Waals surface area contributed by atoms with Gasteiger partial charge >= 0.3 is 0 Å². The predicted octanol–water partition coefficient (Wildman–Crippen LogP) is 4.28. The summed E-state index contributed by atoms with van der Waals surface area (Å²) in [4.78, 5) is 20.1. The third-order valence-electron chi connectivity index (χ3n) is 4.08. The van der Waals surface area contributed by atoms with Crippen LogP contribution < -0.4 is 5.32 Å². The molecule has 0 radical (unpaired) electrons. The molecule has 4 aromatic rings. The van der Waals surface area contributed by atoms with Gasteiger partial charge in [-0.3, -0.25) is 4.79 Å². The van der Waals surface area contributed by atoms with Crippen molar-refractivity contribution in [1.82, 2.24) is 15.3 Å². The number of hydrogen-bond donors (Lipinski definition) is 2. The van der Waals surface area contributed by atoms with Gasteiger partial charge in [0.15, 0.2) is 0 Å². The third kappa shape index (κ3) is 3.13. The Bertz CT molecular complexity index is 1040. The van der Waals surface area contributed by atoms with Crippen LogP contribution in [-0.2, 0) is 6.42 Å². The number of aromatic amines is 1. The molecule has 1 amide bonds. The van der Waals surface area contributed by atoms with Gasteiger partial charge in [0.05, 0.1) is 20.8 Å². The Hall–Kier alpha value is -2.73. The number of fused-ring (bicyclic) bond motifs is 2. The van der Waals surface area contributed by atoms with Crippen molar-refractivity contribution in [2.45, 2.75) is 19.4 Å². The van der Waals surface area contributed by atoms with Gasteiger partial charge in [-0.05, 0) is 37.3 Å². The zero-order valence-electron chi connectivity index (χ0n) is 13.5. The fourth-order valence-corrected chi connectivity index (χ4v) is 4.00. The van der Waals surface area contributed by atoms with Gasteiger partial charge in [0.1, 0.15) is 5.82 Å². The lowest BCUT2D eigenvalue weighted by molar-refractivity contribution is 0.0942. The molecule has 0 aliphatic rings. The number of thiazole rings is 1. The zero-order chi connectivity index (χ0) is 17.4. The second-order valence-electron chi connectivity index (χ2n) is 6.05. The highest BCUT2D eigenvalue weighted by atomic mass is 32.1. The van der Waals surface area contributed by atoms with E-state index >= 15 is 0 Å². The molecule has 6 heteroatoms. The number of rotatable bonds is 4. The molecular weight excluding hydrogens is 337 g/mol. The van der Waals surface area contributed by atoms with Gasteiger partial charge < -0.3 is 10.3 Å². The maximum atomic E-state index is 13.5. The topological polar surface area (TPSA) is 57.8 Å². The molecular formula is C19H16FN3OS.